The van der Waals surface area contributed by atoms with Gasteiger partial charge in [-0.2, -0.15) is 0 Å². The van der Waals surface area contributed by atoms with E-state index in [0.717, 1.165) is 24.7 Å². The molecule has 1 unspecified atom stereocenters. The van der Waals surface area contributed by atoms with Gasteiger partial charge in [-0.1, -0.05) is 13.8 Å². The van der Waals surface area contributed by atoms with Gasteiger partial charge in [-0.3, -0.25) is 0 Å². The SMILES string of the molecule is Cc1csc(CCNC2CCC(C)(C)C2)n1. The highest BCUT2D eigenvalue weighted by Gasteiger charge is 2.30. The van der Waals surface area contributed by atoms with Crippen molar-refractivity contribution in [1.29, 1.82) is 0 Å². The number of aryl methyl sites for hydroxylation is 1. The lowest BCUT2D eigenvalue weighted by molar-refractivity contribution is 0.365. The fourth-order valence-corrected chi connectivity index (χ4v) is 3.29. The molecule has 1 aliphatic rings. The molecular weight excluding hydrogens is 216 g/mol. The molecule has 0 aliphatic heterocycles. The Kier molecular flexibility index (Phi) is 3.65. The molecule has 1 atom stereocenters. The third kappa shape index (κ3) is 3.29. The summed E-state index contributed by atoms with van der Waals surface area (Å²) in [5, 5.41) is 7.06. The lowest BCUT2D eigenvalue weighted by Crippen LogP contribution is -2.29. The zero-order chi connectivity index (χ0) is 11.6. The third-order valence-corrected chi connectivity index (χ3v) is 4.43. The zero-order valence-corrected chi connectivity index (χ0v) is 11.4. The van der Waals surface area contributed by atoms with E-state index in [0.29, 0.717) is 5.41 Å². The second-order valence-electron chi connectivity index (χ2n) is 5.69. The highest BCUT2D eigenvalue weighted by Crippen LogP contribution is 2.36. The van der Waals surface area contributed by atoms with Gasteiger partial charge in [0.2, 0.25) is 0 Å². The highest BCUT2D eigenvalue weighted by molar-refractivity contribution is 7.09. The molecule has 16 heavy (non-hydrogen) atoms. The Hall–Kier alpha value is -0.410. The van der Waals surface area contributed by atoms with Crippen molar-refractivity contribution in [3.8, 4) is 0 Å². The second-order valence-corrected chi connectivity index (χ2v) is 6.63. The van der Waals surface area contributed by atoms with Crippen molar-refractivity contribution in [3.63, 3.8) is 0 Å². The van der Waals surface area contributed by atoms with Crippen molar-refractivity contribution in [3.05, 3.63) is 16.1 Å². The zero-order valence-electron chi connectivity index (χ0n) is 10.5. The quantitative estimate of drug-likeness (QED) is 0.871. The Bertz CT molecular complexity index is 343. The summed E-state index contributed by atoms with van der Waals surface area (Å²) < 4.78 is 0. The smallest absolute Gasteiger partial charge is 0.0940 e. The summed E-state index contributed by atoms with van der Waals surface area (Å²) in [7, 11) is 0. The molecule has 90 valence electrons. The van der Waals surface area contributed by atoms with E-state index in [1.54, 1.807) is 11.3 Å². The van der Waals surface area contributed by atoms with Crippen LogP contribution in [0.15, 0.2) is 5.38 Å². The van der Waals surface area contributed by atoms with Crippen molar-refractivity contribution in [2.45, 2.75) is 52.5 Å². The summed E-state index contributed by atoms with van der Waals surface area (Å²) in [6.07, 6.45) is 5.10. The number of rotatable bonds is 4. The Labute approximate surface area is 102 Å². The number of hydrogen-bond donors (Lipinski definition) is 1. The van der Waals surface area contributed by atoms with Gasteiger partial charge in [-0.15, -0.1) is 11.3 Å². The lowest BCUT2D eigenvalue weighted by atomic mass is 9.92. The maximum atomic E-state index is 4.48. The van der Waals surface area contributed by atoms with Gasteiger partial charge in [0, 0.05) is 30.1 Å². The van der Waals surface area contributed by atoms with E-state index >= 15 is 0 Å². The van der Waals surface area contributed by atoms with E-state index in [2.05, 4.69) is 36.5 Å². The number of nitrogens with one attached hydrogen (secondary N) is 1. The Morgan fingerprint density at radius 2 is 2.38 bits per heavy atom. The molecule has 0 saturated heterocycles. The van der Waals surface area contributed by atoms with E-state index in [4.69, 9.17) is 0 Å². The Morgan fingerprint density at radius 3 is 2.94 bits per heavy atom. The molecule has 2 nitrogen and oxygen atoms in total. The van der Waals surface area contributed by atoms with Gasteiger partial charge in [-0.05, 0) is 31.6 Å². The van der Waals surface area contributed by atoms with Crippen LogP contribution in [-0.4, -0.2) is 17.6 Å². The summed E-state index contributed by atoms with van der Waals surface area (Å²) in [4.78, 5) is 4.48. The minimum absolute atomic E-state index is 0.551. The molecule has 1 N–H and O–H groups in total. The van der Waals surface area contributed by atoms with Gasteiger partial charge in [0.05, 0.1) is 5.01 Å². The van der Waals surface area contributed by atoms with Crippen LogP contribution < -0.4 is 5.32 Å². The third-order valence-electron chi connectivity index (χ3n) is 3.41. The number of aromatic nitrogens is 1. The van der Waals surface area contributed by atoms with E-state index in [-0.39, 0.29) is 0 Å². The average Bonchev–Trinajstić information content (AvgIpc) is 2.73. The van der Waals surface area contributed by atoms with E-state index < -0.39 is 0 Å². The summed E-state index contributed by atoms with van der Waals surface area (Å²) >= 11 is 1.78. The number of nitrogens with zero attached hydrogens (tertiary/aromatic N) is 1. The van der Waals surface area contributed by atoms with Crippen LogP contribution in [0.2, 0.25) is 0 Å². The fraction of sp³-hybridized carbons (Fsp3) is 0.769. The van der Waals surface area contributed by atoms with Crippen molar-refractivity contribution >= 4 is 11.3 Å². The molecule has 0 amide bonds. The topological polar surface area (TPSA) is 24.9 Å². The summed E-state index contributed by atoms with van der Waals surface area (Å²) in [5.74, 6) is 0. The first-order chi connectivity index (χ1) is 7.55. The van der Waals surface area contributed by atoms with Crippen molar-refractivity contribution in [1.82, 2.24) is 10.3 Å². The normalized spacial score (nSPS) is 23.8. The predicted molar refractivity (Wildman–Crippen MR) is 70.0 cm³/mol. The van der Waals surface area contributed by atoms with Crippen LogP contribution in [0.1, 0.15) is 43.8 Å². The van der Waals surface area contributed by atoms with Gasteiger partial charge in [0.15, 0.2) is 0 Å². The number of hydrogen-bond acceptors (Lipinski definition) is 3. The van der Waals surface area contributed by atoms with Crippen LogP contribution in [0.5, 0.6) is 0 Å². The number of thiazole rings is 1. The molecule has 1 aromatic rings. The van der Waals surface area contributed by atoms with Gasteiger partial charge >= 0.3 is 0 Å². The molecule has 0 aromatic carbocycles. The van der Waals surface area contributed by atoms with Gasteiger partial charge in [0.1, 0.15) is 0 Å². The summed E-state index contributed by atoms with van der Waals surface area (Å²) in [5.41, 5.74) is 1.71. The van der Waals surface area contributed by atoms with Gasteiger partial charge in [-0.25, -0.2) is 4.98 Å². The first-order valence-corrected chi connectivity index (χ1v) is 7.07. The largest absolute Gasteiger partial charge is 0.314 e. The molecule has 3 heteroatoms. The van der Waals surface area contributed by atoms with E-state index in [1.807, 2.05) is 0 Å². The first kappa shape index (κ1) is 12.1. The van der Waals surface area contributed by atoms with Crippen molar-refractivity contribution < 1.29 is 0 Å². The Morgan fingerprint density at radius 1 is 1.56 bits per heavy atom. The molecule has 2 rings (SSSR count). The molecule has 1 fully saturated rings. The highest BCUT2D eigenvalue weighted by atomic mass is 32.1. The molecule has 1 heterocycles. The van der Waals surface area contributed by atoms with E-state index in [9.17, 15) is 0 Å². The molecule has 0 bridgehead atoms. The molecule has 1 aliphatic carbocycles. The molecule has 1 saturated carbocycles. The lowest BCUT2D eigenvalue weighted by Gasteiger charge is -2.17. The van der Waals surface area contributed by atoms with E-state index in [1.165, 1.54) is 24.3 Å². The molecular formula is C13H22N2S. The monoisotopic (exact) mass is 238 g/mol. The van der Waals surface area contributed by atoms with Crippen LogP contribution in [0.25, 0.3) is 0 Å². The van der Waals surface area contributed by atoms with Crippen LogP contribution >= 0.6 is 11.3 Å². The molecule has 0 spiro atoms. The van der Waals surface area contributed by atoms with Gasteiger partial charge in [0.25, 0.3) is 0 Å². The van der Waals surface area contributed by atoms with Crippen LogP contribution in [0.4, 0.5) is 0 Å². The maximum absolute atomic E-state index is 4.48. The van der Waals surface area contributed by atoms with Crippen LogP contribution in [-0.2, 0) is 6.42 Å². The maximum Gasteiger partial charge on any atom is 0.0940 e. The predicted octanol–water partition coefficient (Wildman–Crippen LogP) is 3.16. The van der Waals surface area contributed by atoms with Crippen molar-refractivity contribution in [2.24, 2.45) is 5.41 Å². The minimum Gasteiger partial charge on any atom is -0.314 e. The minimum atomic E-state index is 0.551. The fourth-order valence-electron chi connectivity index (χ4n) is 2.51. The average molecular weight is 238 g/mol. The molecule has 0 radical (unpaired) electrons. The summed E-state index contributed by atoms with van der Waals surface area (Å²) in [6.45, 7) is 7.89. The Balaban J connectivity index is 1.69. The van der Waals surface area contributed by atoms with Crippen LogP contribution in [0, 0.1) is 12.3 Å². The van der Waals surface area contributed by atoms with Gasteiger partial charge < -0.3 is 5.32 Å². The van der Waals surface area contributed by atoms with Crippen molar-refractivity contribution in [2.75, 3.05) is 6.54 Å². The first-order valence-electron chi connectivity index (χ1n) is 6.20. The second kappa shape index (κ2) is 4.84. The standard InChI is InChI=1S/C13H22N2S/c1-10-9-16-12(15-10)5-7-14-11-4-6-13(2,3)8-11/h9,11,14H,4-8H2,1-3H3. The molecule has 1 aromatic heterocycles. The van der Waals surface area contributed by atoms with Crippen LogP contribution in [0.3, 0.4) is 0 Å². The summed E-state index contributed by atoms with van der Waals surface area (Å²) in [6, 6.07) is 0.732.